The van der Waals surface area contributed by atoms with E-state index in [1.54, 1.807) is 29.8 Å². The van der Waals surface area contributed by atoms with E-state index in [4.69, 9.17) is 18.9 Å². The van der Waals surface area contributed by atoms with Crippen molar-refractivity contribution in [2.75, 3.05) is 19.7 Å². The van der Waals surface area contributed by atoms with Gasteiger partial charge < -0.3 is 24.5 Å². The lowest BCUT2D eigenvalue weighted by molar-refractivity contribution is -0.123. The number of thiophene rings is 1. The molecule has 11 heteroatoms. The number of carbonyl (C=O) groups is 2. The SMILES string of the molecule is Cc1oc(-c2cccs2)nc1CN1CC[C@@H]2Oc3ccc(cc3)CNC(=O)COc3cccc(c3)-c3cncc(c3)C(=O)N[C@@H]2C1. The summed E-state index contributed by atoms with van der Waals surface area (Å²) in [6.07, 6.45) is 3.70. The number of ether oxygens (including phenoxy) is 2. The van der Waals surface area contributed by atoms with Gasteiger partial charge in [0.15, 0.2) is 6.61 Å². The minimum atomic E-state index is -0.310. The fraction of sp³-hybridized carbons (Fsp3) is 0.257. The standard InChI is InChI=1S/C35H33N5O5S/c1-22-29(39-35(44-22)32-6-3-13-46-32)19-40-12-11-31-30(20-40)38-34(42)26-14-25(17-36-18-26)24-4-2-5-28(15-24)43-21-33(41)37-16-23-7-9-27(45-31)10-8-23/h2-10,13-15,17-18,30-31H,11-12,16,19-21H2,1H3,(H,37,41)(H,38,42)/t30-,31+/m1/s1. The number of carbonyl (C=O) groups excluding carboxylic acids is 2. The summed E-state index contributed by atoms with van der Waals surface area (Å²) in [5.74, 6) is 2.20. The minimum Gasteiger partial charge on any atom is -0.488 e. The Labute approximate surface area is 270 Å². The summed E-state index contributed by atoms with van der Waals surface area (Å²) in [5, 5.41) is 8.16. The van der Waals surface area contributed by atoms with Crippen molar-refractivity contribution in [2.45, 2.75) is 38.6 Å². The number of aryl methyl sites for hydroxylation is 1. The van der Waals surface area contributed by atoms with Crippen molar-refractivity contribution in [3.05, 3.63) is 107 Å². The van der Waals surface area contributed by atoms with Crippen LogP contribution in [-0.4, -0.2) is 58.5 Å². The van der Waals surface area contributed by atoms with E-state index in [-0.39, 0.29) is 30.6 Å². The Kier molecular flexibility index (Phi) is 8.49. The number of benzene rings is 2. The van der Waals surface area contributed by atoms with Crippen molar-refractivity contribution < 1.29 is 23.5 Å². The molecule has 6 bridgehead atoms. The molecule has 3 aromatic heterocycles. The maximum Gasteiger partial charge on any atom is 0.258 e. The Morgan fingerprint density at radius 3 is 2.70 bits per heavy atom. The van der Waals surface area contributed by atoms with Gasteiger partial charge in [-0.1, -0.05) is 30.3 Å². The van der Waals surface area contributed by atoms with E-state index in [1.165, 1.54) is 0 Å². The fourth-order valence-corrected chi connectivity index (χ4v) is 6.36. The number of hydrogen-bond acceptors (Lipinski definition) is 9. The number of nitrogens with zero attached hydrogens (tertiary/aromatic N) is 3. The van der Waals surface area contributed by atoms with Crippen LogP contribution in [0.15, 0.2) is 88.9 Å². The van der Waals surface area contributed by atoms with E-state index >= 15 is 0 Å². The molecule has 3 aliphatic rings. The van der Waals surface area contributed by atoms with Gasteiger partial charge in [-0.2, -0.15) is 0 Å². The van der Waals surface area contributed by atoms with Crippen LogP contribution in [0.2, 0.25) is 0 Å². The molecule has 234 valence electrons. The number of pyridine rings is 1. The maximum absolute atomic E-state index is 13.7. The van der Waals surface area contributed by atoms with Crippen LogP contribution in [0.1, 0.15) is 33.8 Å². The molecule has 2 atom stereocenters. The molecule has 2 amide bonds. The highest BCUT2D eigenvalue weighted by Crippen LogP contribution is 2.28. The van der Waals surface area contributed by atoms with E-state index in [0.29, 0.717) is 49.0 Å². The molecule has 6 heterocycles. The lowest BCUT2D eigenvalue weighted by atomic mass is 10.00. The van der Waals surface area contributed by atoms with Crippen molar-refractivity contribution in [3.63, 3.8) is 0 Å². The Hall–Kier alpha value is -5.00. The Morgan fingerprint density at radius 1 is 0.978 bits per heavy atom. The third-order valence-electron chi connectivity index (χ3n) is 8.19. The number of rotatable bonds is 3. The zero-order chi connectivity index (χ0) is 31.5. The molecule has 0 saturated carbocycles. The van der Waals surface area contributed by atoms with Crippen LogP contribution in [0.5, 0.6) is 11.5 Å². The molecule has 8 rings (SSSR count). The second-order valence-electron chi connectivity index (χ2n) is 11.5. The minimum absolute atomic E-state index is 0.114. The van der Waals surface area contributed by atoms with E-state index in [1.807, 2.05) is 73.0 Å². The molecule has 2 N–H and O–H groups in total. The van der Waals surface area contributed by atoms with Gasteiger partial charge in [-0.3, -0.25) is 19.5 Å². The molecular formula is C35H33N5O5S. The zero-order valence-electron chi connectivity index (χ0n) is 25.3. The van der Waals surface area contributed by atoms with Gasteiger partial charge >= 0.3 is 0 Å². The average molecular weight is 636 g/mol. The van der Waals surface area contributed by atoms with Gasteiger partial charge in [0.1, 0.15) is 23.4 Å². The predicted molar refractivity (Wildman–Crippen MR) is 174 cm³/mol. The topological polar surface area (TPSA) is 119 Å². The summed E-state index contributed by atoms with van der Waals surface area (Å²) in [6, 6.07) is 20.5. The summed E-state index contributed by atoms with van der Waals surface area (Å²) in [6.45, 7) is 4.11. The lowest BCUT2D eigenvalue weighted by Gasteiger charge is -2.38. The highest BCUT2D eigenvalue weighted by atomic mass is 32.1. The molecule has 0 radical (unpaired) electrons. The van der Waals surface area contributed by atoms with Crippen LogP contribution in [0.25, 0.3) is 21.9 Å². The predicted octanol–water partition coefficient (Wildman–Crippen LogP) is 5.23. The molecule has 10 nitrogen and oxygen atoms in total. The first-order valence-electron chi connectivity index (χ1n) is 15.2. The van der Waals surface area contributed by atoms with Crippen molar-refractivity contribution in [2.24, 2.45) is 0 Å². The highest BCUT2D eigenvalue weighted by Gasteiger charge is 2.33. The smallest absolute Gasteiger partial charge is 0.258 e. The first-order chi connectivity index (χ1) is 22.5. The molecule has 1 saturated heterocycles. The van der Waals surface area contributed by atoms with Crippen LogP contribution in [-0.2, 0) is 17.9 Å². The van der Waals surface area contributed by atoms with Gasteiger partial charge in [-0.15, -0.1) is 11.3 Å². The molecule has 1 fully saturated rings. The third-order valence-corrected chi connectivity index (χ3v) is 9.04. The first-order valence-corrected chi connectivity index (χ1v) is 16.1. The average Bonchev–Trinajstić information content (AvgIpc) is 3.75. The van der Waals surface area contributed by atoms with Gasteiger partial charge in [-0.25, -0.2) is 4.98 Å². The molecule has 46 heavy (non-hydrogen) atoms. The molecular weight excluding hydrogens is 602 g/mol. The van der Waals surface area contributed by atoms with Gasteiger partial charge in [0.2, 0.25) is 5.89 Å². The summed E-state index contributed by atoms with van der Waals surface area (Å²) in [4.78, 5) is 38.6. The summed E-state index contributed by atoms with van der Waals surface area (Å²) in [5.41, 5.74) is 3.84. The second kappa shape index (κ2) is 13.2. The quantitative estimate of drug-likeness (QED) is 0.277. The van der Waals surface area contributed by atoms with E-state index in [9.17, 15) is 9.59 Å². The normalized spacial score (nSPS) is 18.9. The molecule has 2 aromatic carbocycles. The molecule has 0 aliphatic carbocycles. The van der Waals surface area contributed by atoms with Crippen molar-refractivity contribution in [1.82, 2.24) is 25.5 Å². The number of piperidine rings is 1. The van der Waals surface area contributed by atoms with Crippen LogP contribution in [0, 0.1) is 6.92 Å². The molecule has 0 unspecified atom stereocenters. The number of amides is 2. The van der Waals surface area contributed by atoms with Gasteiger partial charge in [0.05, 0.1) is 22.2 Å². The van der Waals surface area contributed by atoms with Gasteiger partial charge in [0.25, 0.3) is 11.8 Å². The van der Waals surface area contributed by atoms with Crippen molar-refractivity contribution in [1.29, 1.82) is 0 Å². The number of hydrogen-bond donors (Lipinski definition) is 2. The van der Waals surface area contributed by atoms with E-state index in [2.05, 4.69) is 20.5 Å². The Morgan fingerprint density at radius 2 is 1.85 bits per heavy atom. The van der Waals surface area contributed by atoms with E-state index < -0.39 is 0 Å². The van der Waals surface area contributed by atoms with Crippen molar-refractivity contribution >= 4 is 23.2 Å². The number of likely N-dealkylation sites (tertiary alicyclic amines) is 1. The molecule has 3 aliphatic heterocycles. The summed E-state index contributed by atoms with van der Waals surface area (Å²) in [7, 11) is 0. The largest absolute Gasteiger partial charge is 0.488 e. The maximum atomic E-state index is 13.7. The Bertz CT molecular complexity index is 1840. The summed E-state index contributed by atoms with van der Waals surface area (Å²) < 4.78 is 18.2. The first kappa shape index (κ1) is 29.7. The van der Waals surface area contributed by atoms with Gasteiger partial charge in [-0.05, 0) is 66.2 Å². The lowest BCUT2D eigenvalue weighted by Crippen LogP contribution is -2.56. The monoisotopic (exact) mass is 635 g/mol. The third kappa shape index (κ3) is 6.80. The number of aromatic nitrogens is 2. The second-order valence-corrected chi connectivity index (χ2v) is 12.4. The molecule has 5 aromatic rings. The Balaban J connectivity index is 1.16. The fourth-order valence-electron chi connectivity index (χ4n) is 5.71. The number of oxazole rings is 1. The molecule has 0 spiro atoms. The van der Waals surface area contributed by atoms with Crippen LogP contribution in [0.3, 0.4) is 0 Å². The number of fused-ring (bicyclic) bond motifs is 7. The van der Waals surface area contributed by atoms with Gasteiger partial charge in [0, 0.05) is 44.1 Å². The highest BCUT2D eigenvalue weighted by molar-refractivity contribution is 7.13. The zero-order valence-corrected chi connectivity index (χ0v) is 26.1. The van der Waals surface area contributed by atoms with Crippen LogP contribution >= 0.6 is 11.3 Å². The van der Waals surface area contributed by atoms with Crippen LogP contribution in [0.4, 0.5) is 0 Å². The van der Waals surface area contributed by atoms with Crippen molar-refractivity contribution in [3.8, 4) is 33.4 Å². The summed E-state index contributed by atoms with van der Waals surface area (Å²) >= 11 is 1.59. The van der Waals surface area contributed by atoms with E-state index in [0.717, 1.165) is 39.6 Å². The number of nitrogens with one attached hydrogen (secondary N) is 2. The van der Waals surface area contributed by atoms with Crippen LogP contribution < -0.4 is 20.1 Å².